The number of amides is 1. The van der Waals surface area contributed by atoms with Gasteiger partial charge in [0.15, 0.2) is 11.6 Å². The first-order valence-corrected chi connectivity index (χ1v) is 7.48. The normalized spacial score (nSPS) is 10.4. The number of rotatable bonds is 5. The Morgan fingerprint density at radius 1 is 1.21 bits per heavy atom. The van der Waals surface area contributed by atoms with Crippen LogP contribution in [0.5, 0.6) is 5.75 Å². The molecule has 0 atom stereocenters. The van der Waals surface area contributed by atoms with Gasteiger partial charge >= 0.3 is 0 Å². The first-order chi connectivity index (χ1) is 11.6. The smallest absolute Gasteiger partial charge is 0.292 e. The highest BCUT2D eigenvalue weighted by atomic mass is 16.5. The molecule has 0 spiro atoms. The topological polar surface area (TPSA) is 77.2 Å². The molecule has 1 aromatic carbocycles. The molecule has 0 aliphatic carbocycles. The number of carbonyl (C=O) groups is 1. The molecule has 0 fully saturated rings. The maximum atomic E-state index is 12.1. The van der Waals surface area contributed by atoms with Crippen molar-refractivity contribution in [2.75, 3.05) is 5.32 Å². The number of aromatic nitrogens is 2. The zero-order chi connectivity index (χ0) is 16.9. The van der Waals surface area contributed by atoms with E-state index in [1.807, 2.05) is 26.0 Å². The van der Waals surface area contributed by atoms with Gasteiger partial charge in [-0.2, -0.15) is 0 Å². The highest BCUT2D eigenvalue weighted by Gasteiger charge is 2.12. The second-order valence-corrected chi connectivity index (χ2v) is 5.37. The molecule has 122 valence electrons. The molecular formula is C18H17N3O3. The monoisotopic (exact) mass is 323 g/mol. The Labute approximate surface area is 139 Å². The number of benzene rings is 1. The lowest BCUT2D eigenvalue weighted by Crippen LogP contribution is -2.12. The molecule has 0 unspecified atom stereocenters. The molecule has 6 nitrogen and oxygen atoms in total. The van der Waals surface area contributed by atoms with E-state index in [0.29, 0.717) is 11.6 Å². The van der Waals surface area contributed by atoms with Crippen LogP contribution >= 0.6 is 0 Å². The number of carbonyl (C=O) groups excluding carboxylic acids is 1. The van der Waals surface area contributed by atoms with Crippen LogP contribution in [-0.2, 0) is 6.61 Å². The van der Waals surface area contributed by atoms with Crippen molar-refractivity contribution in [2.24, 2.45) is 0 Å². The van der Waals surface area contributed by atoms with Crippen LogP contribution < -0.4 is 10.1 Å². The molecule has 0 saturated heterocycles. The van der Waals surface area contributed by atoms with Gasteiger partial charge in [0.1, 0.15) is 18.1 Å². The van der Waals surface area contributed by atoms with Crippen molar-refractivity contribution in [3.8, 4) is 5.75 Å². The third kappa shape index (κ3) is 3.78. The summed E-state index contributed by atoms with van der Waals surface area (Å²) >= 11 is 0. The lowest BCUT2D eigenvalue weighted by Gasteiger charge is -2.08. The van der Waals surface area contributed by atoms with Crippen molar-refractivity contribution in [1.29, 1.82) is 0 Å². The average Bonchev–Trinajstić information content (AvgIpc) is 3.04. The van der Waals surface area contributed by atoms with E-state index in [9.17, 15) is 4.79 Å². The second-order valence-electron chi connectivity index (χ2n) is 5.37. The fourth-order valence-electron chi connectivity index (χ4n) is 2.23. The standard InChI is InChI=1S/C18H17N3O3/c1-12-3-5-15(13(2)9-12)23-11-14-4-6-16(24-14)18(22)21-17-10-19-7-8-20-17/h3-10H,11H2,1-2H3,(H,20,21,22). The SMILES string of the molecule is Cc1ccc(OCc2ccc(C(=O)Nc3cnccn3)o2)c(C)c1. The van der Waals surface area contributed by atoms with Gasteiger partial charge < -0.3 is 14.5 Å². The molecular weight excluding hydrogens is 306 g/mol. The molecule has 2 aromatic heterocycles. The average molecular weight is 323 g/mol. The Morgan fingerprint density at radius 2 is 2.08 bits per heavy atom. The zero-order valence-electron chi connectivity index (χ0n) is 13.4. The third-order valence-corrected chi connectivity index (χ3v) is 3.39. The summed E-state index contributed by atoms with van der Waals surface area (Å²) in [7, 11) is 0. The van der Waals surface area contributed by atoms with Crippen molar-refractivity contribution in [1.82, 2.24) is 9.97 Å². The van der Waals surface area contributed by atoms with E-state index < -0.39 is 0 Å². The van der Waals surface area contributed by atoms with E-state index >= 15 is 0 Å². The van der Waals surface area contributed by atoms with Gasteiger partial charge in [-0.25, -0.2) is 4.98 Å². The van der Waals surface area contributed by atoms with E-state index in [1.165, 1.54) is 24.2 Å². The maximum Gasteiger partial charge on any atom is 0.292 e. The molecule has 3 rings (SSSR count). The van der Waals surface area contributed by atoms with Crippen molar-refractivity contribution >= 4 is 11.7 Å². The summed E-state index contributed by atoms with van der Waals surface area (Å²) in [6.45, 7) is 4.28. The summed E-state index contributed by atoms with van der Waals surface area (Å²) in [6, 6.07) is 9.29. The van der Waals surface area contributed by atoms with Crippen molar-refractivity contribution in [3.05, 3.63) is 71.6 Å². The number of ether oxygens (including phenoxy) is 1. The predicted molar refractivity (Wildman–Crippen MR) is 88.9 cm³/mol. The molecule has 0 bridgehead atoms. The molecule has 6 heteroatoms. The highest BCUT2D eigenvalue weighted by molar-refractivity contribution is 6.01. The minimum atomic E-state index is -0.381. The van der Waals surface area contributed by atoms with Crippen LogP contribution in [0.2, 0.25) is 0 Å². The van der Waals surface area contributed by atoms with E-state index in [1.54, 1.807) is 12.1 Å². The Balaban J connectivity index is 1.62. The second kappa shape index (κ2) is 6.95. The number of nitrogens with zero attached hydrogens (tertiary/aromatic N) is 2. The molecule has 1 amide bonds. The lowest BCUT2D eigenvalue weighted by molar-refractivity contribution is 0.0992. The van der Waals surface area contributed by atoms with Gasteiger partial charge in [0.05, 0.1) is 6.20 Å². The van der Waals surface area contributed by atoms with Crippen LogP contribution in [0.25, 0.3) is 0 Å². The number of hydrogen-bond donors (Lipinski definition) is 1. The highest BCUT2D eigenvalue weighted by Crippen LogP contribution is 2.20. The van der Waals surface area contributed by atoms with Crippen LogP contribution in [0.3, 0.4) is 0 Å². The summed E-state index contributed by atoms with van der Waals surface area (Å²) in [5, 5.41) is 2.61. The largest absolute Gasteiger partial charge is 0.485 e. The van der Waals surface area contributed by atoms with Gasteiger partial charge in [-0.1, -0.05) is 17.7 Å². The molecule has 2 heterocycles. The Morgan fingerprint density at radius 3 is 2.83 bits per heavy atom. The third-order valence-electron chi connectivity index (χ3n) is 3.39. The number of nitrogens with one attached hydrogen (secondary N) is 1. The van der Waals surface area contributed by atoms with Crippen molar-refractivity contribution < 1.29 is 13.9 Å². The van der Waals surface area contributed by atoms with Gasteiger partial charge in [-0.15, -0.1) is 0 Å². The van der Waals surface area contributed by atoms with E-state index in [2.05, 4.69) is 21.4 Å². The van der Waals surface area contributed by atoms with Gasteiger partial charge in [0.2, 0.25) is 0 Å². The number of anilines is 1. The van der Waals surface area contributed by atoms with E-state index in [4.69, 9.17) is 9.15 Å². The maximum absolute atomic E-state index is 12.1. The zero-order valence-corrected chi connectivity index (χ0v) is 13.4. The van der Waals surface area contributed by atoms with E-state index in [-0.39, 0.29) is 18.3 Å². The summed E-state index contributed by atoms with van der Waals surface area (Å²) < 4.78 is 11.3. The van der Waals surface area contributed by atoms with Gasteiger partial charge in [0, 0.05) is 12.4 Å². The molecule has 24 heavy (non-hydrogen) atoms. The first kappa shape index (κ1) is 15.7. The molecule has 0 aliphatic heterocycles. The predicted octanol–water partition coefficient (Wildman–Crippen LogP) is 3.52. The van der Waals surface area contributed by atoms with E-state index in [0.717, 1.165) is 11.3 Å². The number of aryl methyl sites for hydroxylation is 2. The quantitative estimate of drug-likeness (QED) is 0.777. The van der Waals surface area contributed by atoms with Crippen molar-refractivity contribution in [3.63, 3.8) is 0 Å². The molecule has 1 N–H and O–H groups in total. The fourth-order valence-corrected chi connectivity index (χ4v) is 2.23. The first-order valence-electron chi connectivity index (χ1n) is 7.48. The summed E-state index contributed by atoms with van der Waals surface area (Å²) in [4.78, 5) is 19.9. The Bertz CT molecular complexity index is 844. The van der Waals surface area contributed by atoms with Crippen LogP contribution in [0.4, 0.5) is 5.82 Å². The van der Waals surface area contributed by atoms with Gasteiger partial charge in [-0.3, -0.25) is 9.78 Å². The van der Waals surface area contributed by atoms with Crippen LogP contribution in [0, 0.1) is 13.8 Å². The molecule has 0 saturated carbocycles. The van der Waals surface area contributed by atoms with Gasteiger partial charge in [0.25, 0.3) is 5.91 Å². The Kier molecular flexibility index (Phi) is 4.56. The number of furan rings is 1. The Hall–Kier alpha value is -3.15. The fraction of sp³-hybridized carbons (Fsp3) is 0.167. The minimum absolute atomic E-state index is 0.194. The van der Waals surface area contributed by atoms with Crippen LogP contribution in [-0.4, -0.2) is 15.9 Å². The van der Waals surface area contributed by atoms with Crippen molar-refractivity contribution in [2.45, 2.75) is 20.5 Å². The van der Waals surface area contributed by atoms with Crippen LogP contribution in [0.1, 0.15) is 27.4 Å². The van der Waals surface area contributed by atoms with Gasteiger partial charge in [-0.05, 0) is 37.6 Å². The summed E-state index contributed by atoms with van der Waals surface area (Å²) in [6.07, 6.45) is 4.50. The summed E-state index contributed by atoms with van der Waals surface area (Å²) in [5.74, 6) is 1.54. The summed E-state index contributed by atoms with van der Waals surface area (Å²) in [5.41, 5.74) is 2.24. The molecule has 0 aliphatic rings. The minimum Gasteiger partial charge on any atom is -0.485 e. The molecule has 0 radical (unpaired) electrons. The van der Waals surface area contributed by atoms with Crippen LogP contribution in [0.15, 0.2) is 53.3 Å². The number of hydrogen-bond acceptors (Lipinski definition) is 5. The molecule has 3 aromatic rings. The lowest BCUT2D eigenvalue weighted by atomic mass is 10.1.